The first-order valence-corrected chi connectivity index (χ1v) is 13.8. The summed E-state index contributed by atoms with van der Waals surface area (Å²) in [5.41, 5.74) is 0. The van der Waals surface area contributed by atoms with Crippen molar-refractivity contribution >= 4 is 25.2 Å². The number of hydrogen-bond donors (Lipinski definition) is 1. The minimum absolute atomic E-state index is 0.583. The van der Waals surface area contributed by atoms with Gasteiger partial charge in [-0.05, 0) is 39.8 Å². The Morgan fingerprint density at radius 1 is 0.806 bits per heavy atom. The van der Waals surface area contributed by atoms with Crippen molar-refractivity contribution in [1.29, 1.82) is 0 Å². The van der Waals surface area contributed by atoms with Crippen LogP contribution in [0.3, 0.4) is 0 Å². The summed E-state index contributed by atoms with van der Waals surface area (Å²) in [5, 5.41) is -4.38. The zero-order valence-electron chi connectivity index (χ0n) is 17.4. The lowest BCUT2D eigenvalue weighted by Gasteiger charge is -2.42. The standard InChI is InChI=1S/C16H26F3NO8P2S/c1-5-25-29(21,26-6-2)16(15(17,18)19,30(22,27-7-3)28-8-4)20-31(23,24)14-12-10-9-11-13-14/h9-13,20H,5-8H2,1-4H3. The molecule has 1 rings (SSSR count). The molecule has 15 heteroatoms. The molecule has 0 heterocycles. The minimum atomic E-state index is -5.80. The Morgan fingerprint density at radius 3 is 1.45 bits per heavy atom. The summed E-state index contributed by atoms with van der Waals surface area (Å²) < 4.78 is 118. The van der Waals surface area contributed by atoms with Gasteiger partial charge in [0.05, 0.1) is 31.3 Å². The molecule has 0 unspecified atom stereocenters. The van der Waals surface area contributed by atoms with Gasteiger partial charge in [0.25, 0.3) is 0 Å². The Hall–Kier alpha value is -0.780. The van der Waals surface area contributed by atoms with Crippen LogP contribution in [0.25, 0.3) is 0 Å². The van der Waals surface area contributed by atoms with E-state index in [-0.39, 0.29) is 0 Å². The van der Waals surface area contributed by atoms with Gasteiger partial charge in [-0.3, -0.25) is 9.13 Å². The molecule has 0 aliphatic heterocycles. The van der Waals surface area contributed by atoms with Crippen LogP contribution in [0.4, 0.5) is 13.2 Å². The molecule has 0 saturated heterocycles. The highest BCUT2D eigenvalue weighted by atomic mass is 32.2. The zero-order chi connectivity index (χ0) is 24.0. The first-order chi connectivity index (χ1) is 14.3. The number of alkyl halides is 3. The van der Waals surface area contributed by atoms with Gasteiger partial charge in [-0.2, -0.15) is 17.9 Å². The lowest BCUT2D eigenvalue weighted by Crippen LogP contribution is -2.59. The second kappa shape index (κ2) is 10.9. The summed E-state index contributed by atoms with van der Waals surface area (Å²) in [6, 6.07) is 5.97. The van der Waals surface area contributed by atoms with Gasteiger partial charge in [0.2, 0.25) is 10.0 Å². The van der Waals surface area contributed by atoms with Gasteiger partial charge >= 0.3 is 26.4 Å². The van der Waals surface area contributed by atoms with Gasteiger partial charge in [-0.15, -0.1) is 0 Å². The number of nitrogens with one attached hydrogen (secondary N) is 1. The van der Waals surface area contributed by atoms with Crippen molar-refractivity contribution in [3.63, 3.8) is 0 Å². The maximum Gasteiger partial charge on any atom is 0.431 e. The molecule has 1 aromatic rings. The normalized spacial score (nSPS) is 14.0. The molecule has 0 saturated carbocycles. The number of sulfonamides is 1. The topological polar surface area (TPSA) is 117 Å². The van der Waals surface area contributed by atoms with Crippen LogP contribution in [0.15, 0.2) is 35.2 Å². The van der Waals surface area contributed by atoms with E-state index >= 15 is 0 Å². The average molecular weight is 511 g/mol. The molecule has 180 valence electrons. The fourth-order valence-corrected chi connectivity index (χ4v) is 10.1. The fourth-order valence-electron chi connectivity index (χ4n) is 2.60. The van der Waals surface area contributed by atoms with E-state index in [9.17, 15) is 30.7 Å². The summed E-state index contributed by atoms with van der Waals surface area (Å²) in [7, 11) is -16.3. The van der Waals surface area contributed by atoms with E-state index < -0.39 is 67.7 Å². The molecule has 0 amide bonds. The van der Waals surface area contributed by atoms with Crippen molar-refractivity contribution in [2.75, 3.05) is 26.4 Å². The van der Waals surface area contributed by atoms with Gasteiger partial charge < -0.3 is 18.1 Å². The van der Waals surface area contributed by atoms with E-state index in [1.54, 1.807) is 0 Å². The SMILES string of the molecule is CCOP(=O)(OCC)C(NS(=O)(=O)c1ccccc1)(C(F)(F)F)P(=O)(OCC)OCC. The number of benzene rings is 1. The predicted octanol–water partition coefficient (Wildman–Crippen LogP) is 4.71. The molecular formula is C16H26F3NO8P2S. The molecule has 0 bridgehead atoms. The summed E-state index contributed by atoms with van der Waals surface area (Å²) in [6.07, 6.45) is -5.80. The minimum Gasteiger partial charge on any atom is -0.307 e. The molecule has 1 aromatic carbocycles. The monoisotopic (exact) mass is 511 g/mol. The van der Waals surface area contributed by atoms with Crippen molar-refractivity contribution in [3.05, 3.63) is 30.3 Å². The van der Waals surface area contributed by atoms with E-state index in [4.69, 9.17) is 18.1 Å². The average Bonchev–Trinajstić information content (AvgIpc) is 2.66. The maximum atomic E-state index is 14.7. The third kappa shape index (κ3) is 5.59. The lowest BCUT2D eigenvalue weighted by atomic mass is 10.4. The Balaban J connectivity index is 4.05. The van der Waals surface area contributed by atoms with Crippen molar-refractivity contribution in [3.8, 4) is 0 Å². The van der Waals surface area contributed by atoms with Crippen LogP contribution in [-0.4, -0.2) is 46.0 Å². The van der Waals surface area contributed by atoms with E-state index in [1.807, 2.05) is 0 Å². The van der Waals surface area contributed by atoms with Crippen LogP contribution in [0.2, 0.25) is 0 Å². The second-order valence-corrected chi connectivity index (χ2v) is 12.2. The largest absolute Gasteiger partial charge is 0.431 e. The Morgan fingerprint density at radius 2 is 1.16 bits per heavy atom. The zero-order valence-corrected chi connectivity index (χ0v) is 20.0. The van der Waals surface area contributed by atoms with Crippen LogP contribution in [0.5, 0.6) is 0 Å². The molecule has 0 spiro atoms. The first-order valence-electron chi connectivity index (χ1n) is 9.24. The van der Waals surface area contributed by atoms with E-state index in [0.29, 0.717) is 0 Å². The molecule has 9 nitrogen and oxygen atoms in total. The van der Waals surface area contributed by atoms with Crippen molar-refractivity contribution in [1.82, 2.24) is 4.72 Å². The first kappa shape index (κ1) is 28.3. The second-order valence-electron chi connectivity index (χ2n) is 5.75. The molecule has 31 heavy (non-hydrogen) atoms. The summed E-state index contributed by atoms with van der Waals surface area (Å²) in [4.78, 5) is -0.609. The molecule has 0 radical (unpaired) electrons. The molecule has 0 aliphatic rings. The van der Waals surface area contributed by atoms with Crippen LogP contribution < -0.4 is 4.72 Å². The number of hydrogen-bond acceptors (Lipinski definition) is 8. The summed E-state index contributed by atoms with van der Waals surface area (Å²) in [5.74, 6) is 0. The van der Waals surface area contributed by atoms with E-state index in [0.717, 1.165) is 12.1 Å². The molecule has 0 aromatic heterocycles. The maximum absolute atomic E-state index is 14.7. The van der Waals surface area contributed by atoms with Crippen molar-refractivity contribution in [2.24, 2.45) is 0 Å². The highest BCUT2D eigenvalue weighted by Crippen LogP contribution is 2.81. The molecule has 1 N–H and O–H groups in total. The fraction of sp³-hybridized carbons (Fsp3) is 0.625. The van der Waals surface area contributed by atoms with E-state index in [1.165, 1.54) is 50.6 Å². The third-order valence-corrected chi connectivity index (χ3v) is 11.7. The van der Waals surface area contributed by atoms with Crippen LogP contribution in [0.1, 0.15) is 27.7 Å². The van der Waals surface area contributed by atoms with Gasteiger partial charge in [0.1, 0.15) is 0 Å². The predicted molar refractivity (Wildman–Crippen MR) is 107 cm³/mol. The quantitative estimate of drug-likeness (QED) is 0.379. The molecular weight excluding hydrogens is 485 g/mol. The van der Waals surface area contributed by atoms with Crippen LogP contribution in [-0.2, 0) is 37.2 Å². The molecule has 0 atom stereocenters. The summed E-state index contributed by atoms with van der Waals surface area (Å²) in [6.45, 7) is 2.52. The van der Waals surface area contributed by atoms with Gasteiger partial charge in [0.15, 0.2) is 0 Å². The molecule has 0 aliphatic carbocycles. The number of rotatable bonds is 13. The smallest absolute Gasteiger partial charge is 0.307 e. The number of halogens is 3. The Bertz CT molecular complexity index is 861. The van der Waals surface area contributed by atoms with Crippen LogP contribution >= 0.6 is 15.2 Å². The van der Waals surface area contributed by atoms with Gasteiger partial charge in [-0.25, -0.2) is 8.42 Å². The highest BCUT2D eigenvalue weighted by Gasteiger charge is 2.81. The Kier molecular flexibility index (Phi) is 9.93. The van der Waals surface area contributed by atoms with Gasteiger partial charge in [0, 0.05) is 0 Å². The summed E-state index contributed by atoms with van der Waals surface area (Å²) >= 11 is 0. The van der Waals surface area contributed by atoms with Crippen molar-refractivity contribution in [2.45, 2.75) is 43.8 Å². The Labute approximate surface area is 179 Å². The van der Waals surface area contributed by atoms with Gasteiger partial charge in [-0.1, -0.05) is 18.2 Å². The molecule has 0 fully saturated rings. The lowest BCUT2D eigenvalue weighted by molar-refractivity contribution is -0.154. The van der Waals surface area contributed by atoms with Crippen molar-refractivity contribution < 1.29 is 48.8 Å². The van der Waals surface area contributed by atoms with E-state index in [2.05, 4.69) is 0 Å². The third-order valence-electron chi connectivity index (χ3n) is 3.71. The highest BCUT2D eigenvalue weighted by molar-refractivity contribution is 7.91. The van der Waals surface area contributed by atoms with Crippen LogP contribution in [0, 0.1) is 0 Å².